The zero-order valence-corrected chi connectivity index (χ0v) is 13.0. The minimum Gasteiger partial charge on any atom is -0.356 e. The standard InChI is InChI=1S/C18H28N2O/c21-18(16-17-10-4-1-5-11-17)19-12-6-2-7-13-20-14-8-3-9-15-20/h1,4-5,10-11H,2-3,6-9,12-16H2,(H,19,21). The number of benzene rings is 1. The van der Waals surface area contributed by atoms with E-state index < -0.39 is 0 Å². The second-order valence-electron chi connectivity index (χ2n) is 5.98. The average Bonchev–Trinajstić information content (AvgIpc) is 2.53. The van der Waals surface area contributed by atoms with Gasteiger partial charge in [-0.05, 0) is 50.9 Å². The highest BCUT2D eigenvalue weighted by molar-refractivity contribution is 5.78. The monoisotopic (exact) mass is 288 g/mol. The molecule has 0 saturated carbocycles. The first-order valence-corrected chi connectivity index (χ1v) is 8.37. The number of piperidine rings is 1. The molecule has 1 aromatic rings. The molecular formula is C18H28N2O. The van der Waals surface area contributed by atoms with Crippen molar-refractivity contribution in [2.45, 2.75) is 44.9 Å². The highest BCUT2D eigenvalue weighted by atomic mass is 16.1. The number of hydrogen-bond acceptors (Lipinski definition) is 2. The summed E-state index contributed by atoms with van der Waals surface area (Å²) in [6.07, 6.45) is 8.20. The van der Waals surface area contributed by atoms with Crippen molar-refractivity contribution in [3.05, 3.63) is 35.9 Å². The fourth-order valence-corrected chi connectivity index (χ4v) is 2.89. The van der Waals surface area contributed by atoms with Crippen molar-refractivity contribution in [3.8, 4) is 0 Å². The first kappa shape index (κ1) is 16.0. The van der Waals surface area contributed by atoms with Gasteiger partial charge in [-0.15, -0.1) is 0 Å². The highest BCUT2D eigenvalue weighted by Crippen LogP contribution is 2.09. The van der Waals surface area contributed by atoms with E-state index in [0.29, 0.717) is 6.42 Å². The van der Waals surface area contributed by atoms with Gasteiger partial charge in [0.1, 0.15) is 0 Å². The van der Waals surface area contributed by atoms with Gasteiger partial charge in [0.25, 0.3) is 0 Å². The maximum absolute atomic E-state index is 11.8. The summed E-state index contributed by atoms with van der Waals surface area (Å²) in [4.78, 5) is 14.4. The summed E-state index contributed by atoms with van der Waals surface area (Å²) >= 11 is 0. The van der Waals surface area contributed by atoms with E-state index in [1.807, 2.05) is 30.3 Å². The zero-order chi connectivity index (χ0) is 14.8. The van der Waals surface area contributed by atoms with Gasteiger partial charge in [-0.25, -0.2) is 0 Å². The number of carbonyl (C=O) groups is 1. The lowest BCUT2D eigenvalue weighted by molar-refractivity contribution is -0.120. The third kappa shape index (κ3) is 6.76. The number of unbranched alkanes of at least 4 members (excludes halogenated alkanes) is 2. The molecule has 21 heavy (non-hydrogen) atoms. The van der Waals surface area contributed by atoms with Crippen molar-refractivity contribution < 1.29 is 4.79 Å². The van der Waals surface area contributed by atoms with E-state index in [2.05, 4.69) is 10.2 Å². The first-order chi connectivity index (χ1) is 10.3. The van der Waals surface area contributed by atoms with Gasteiger partial charge in [0.15, 0.2) is 0 Å². The van der Waals surface area contributed by atoms with Crippen LogP contribution in [-0.4, -0.2) is 37.0 Å². The second-order valence-corrected chi connectivity index (χ2v) is 5.98. The summed E-state index contributed by atoms with van der Waals surface area (Å²) < 4.78 is 0. The van der Waals surface area contributed by atoms with Crippen molar-refractivity contribution >= 4 is 5.91 Å². The molecular weight excluding hydrogens is 260 g/mol. The van der Waals surface area contributed by atoms with E-state index in [-0.39, 0.29) is 5.91 Å². The number of carbonyl (C=O) groups excluding carboxylic acids is 1. The molecule has 0 bridgehead atoms. The Morgan fingerprint density at radius 1 is 1.00 bits per heavy atom. The predicted molar refractivity (Wildman–Crippen MR) is 87.3 cm³/mol. The van der Waals surface area contributed by atoms with Crippen LogP contribution in [0.5, 0.6) is 0 Å². The third-order valence-corrected chi connectivity index (χ3v) is 4.13. The van der Waals surface area contributed by atoms with Gasteiger partial charge in [-0.3, -0.25) is 4.79 Å². The summed E-state index contributed by atoms with van der Waals surface area (Å²) in [7, 11) is 0. The number of hydrogen-bond donors (Lipinski definition) is 1. The van der Waals surface area contributed by atoms with Gasteiger partial charge < -0.3 is 10.2 Å². The van der Waals surface area contributed by atoms with E-state index >= 15 is 0 Å². The van der Waals surface area contributed by atoms with E-state index in [9.17, 15) is 4.79 Å². The molecule has 0 aromatic heterocycles. The van der Waals surface area contributed by atoms with E-state index in [4.69, 9.17) is 0 Å². The quantitative estimate of drug-likeness (QED) is 0.746. The summed E-state index contributed by atoms with van der Waals surface area (Å²) in [6, 6.07) is 9.92. The predicted octanol–water partition coefficient (Wildman–Crippen LogP) is 3.00. The Kier molecular flexibility index (Phi) is 7.30. The largest absolute Gasteiger partial charge is 0.356 e. The Balaban J connectivity index is 1.46. The van der Waals surface area contributed by atoms with Gasteiger partial charge in [-0.2, -0.15) is 0 Å². The molecule has 0 unspecified atom stereocenters. The van der Waals surface area contributed by atoms with Gasteiger partial charge in [-0.1, -0.05) is 43.2 Å². The van der Waals surface area contributed by atoms with Crippen LogP contribution in [0.15, 0.2) is 30.3 Å². The topological polar surface area (TPSA) is 32.3 Å². The number of likely N-dealkylation sites (tertiary alicyclic amines) is 1. The third-order valence-electron chi connectivity index (χ3n) is 4.13. The van der Waals surface area contributed by atoms with Crippen molar-refractivity contribution in [1.29, 1.82) is 0 Å². The number of nitrogens with one attached hydrogen (secondary N) is 1. The SMILES string of the molecule is O=C(Cc1ccccc1)NCCCCCN1CCCCC1. The van der Waals surface area contributed by atoms with Crippen molar-refractivity contribution in [2.24, 2.45) is 0 Å². The Labute approximate surface area is 128 Å². The lowest BCUT2D eigenvalue weighted by atomic mass is 10.1. The van der Waals surface area contributed by atoms with Gasteiger partial charge in [0.2, 0.25) is 5.91 Å². The van der Waals surface area contributed by atoms with Crippen LogP contribution < -0.4 is 5.32 Å². The fraction of sp³-hybridized carbons (Fsp3) is 0.611. The molecule has 0 spiro atoms. The Morgan fingerprint density at radius 2 is 1.76 bits per heavy atom. The van der Waals surface area contributed by atoms with Crippen LogP contribution in [0.25, 0.3) is 0 Å². The van der Waals surface area contributed by atoms with E-state index in [1.165, 1.54) is 51.7 Å². The van der Waals surface area contributed by atoms with Crippen LogP contribution in [0.3, 0.4) is 0 Å². The van der Waals surface area contributed by atoms with Crippen LogP contribution in [0.1, 0.15) is 44.1 Å². The van der Waals surface area contributed by atoms with Crippen molar-refractivity contribution in [3.63, 3.8) is 0 Å². The number of nitrogens with zero attached hydrogens (tertiary/aromatic N) is 1. The maximum Gasteiger partial charge on any atom is 0.224 e. The van der Waals surface area contributed by atoms with Crippen LogP contribution in [0, 0.1) is 0 Å². The van der Waals surface area contributed by atoms with Gasteiger partial charge in [0.05, 0.1) is 6.42 Å². The molecule has 3 nitrogen and oxygen atoms in total. The van der Waals surface area contributed by atoms with Crippen LogP contribution in [0.2, 0.25) is 0 Å². The molecule has 0 radical (unpaired) electrons. The molecule has 1 aromatic carbocycles. The number of rotatable bonds is 8. The molecule has 1 aliphatic rings. The molecule has 0 aliphatic carbocycles. The molecule has 0 atom stereocenters. The highest BCUT2D eigenvalue weighted by Gasteiger charge is 2.08. The van der Waals surface area contributed by atoms with Crippen LogP contribution in [-0.2, 0) is 11.2 Å². The Hall–Kier alpha value is -1.35. The molecule has 2 rings (SSSR count). The van der Waals surface area contributed by atoms with Crippen LogP contribution >= 0.6 is 0 Å². The molecule has 1 amide bonds. The van der Waals surface area contributed by atoms with Crippen molar-refractivity contribution in [1.82, 2.24) is 10.2 Å². The maximum atomic E-state index is 11.8. The van der Waals surface area contributed by atoms with Crippen LogP contribution in [0.4, 0.5) is 0 Å². The molecule has 1 fully saturated rings. The smallest absolute Gasteiger partial charge is 0.224 e. The molecule has 1 heterocycles. The Morgan fingerprint density at radius 3 is 2.52 bits per heavy atom. The normalized spacial score (nSPS) is 15.8. The molecule has 116 valence electrons. The Bertz CT molecular complexity index is 399. The first-order valence-electron chi connectivity index (χ1n) is 8.37. The molecule has 1 aliphatic heterocycles. The fourth-order valence-electron chi connectivity index (χ4n) is 2.89. The van der Waals surface area contributed by atoms with E-state index in [1.54, 1.807) is 0 Å². The zero-order valence-electron chi connectivity index (χ0n) is 13.0. The molecule has 3 heteroatoms. The summed E-state index contributed by atoms with van der Waals surface area (Å²) in [5.41, 5.74) is 1.08. The van der Waals surface area contributed by atoms with Gasteiger partial charge >= 0.3 is 0 Å². The van der Waals surface area contributed by atoms with Gasteiger partial charge in [0, 0.05) is 6.54 Å². The lowest BCUT2D eigenvalue weighted by Crippen LogP contribution is -2.30. The van der Waals surface area contributed by atoms with Crippen molar-refractivity contribution in [2.75, 3.05) is 26.2 Å². The molecule has 1 N–H and O–H groups in total. The average molecular weight is 288 g/mol. The lowest BCUT2D eigenvalue weighted by Gasteiger charge is -2.26. The summed E-state index contributed by atoms with van der Waals surface area (Å²) in [6.45, 7) is 4.62. The molecule has 1 saturated heterocycles. The summed E-state index contributed by atoms with van der Waals surface area (Å²) in [5.74, 6) is 0.136. The van der Waals surface area contributed by atoms with E-state index in [0.717, 1.165) is 18.5 Å². The minimum absolute atomic E-state index is 0.136. The summed E-state index contributed by atoms with van der Waals surface area (Å²) in [5, 5.41) is 3.02. The number of amides is 1. The second kappa shape index (κ2) is 9.56. The minimum atomic E-state index is 0.136.